The molecule has 0 atom stereocenters. The number of nitrogens with zero attached hydrogens (tertiary/aromatic N) is 3. The van der Waals surface area contributed by atoms with E-state index in [-0.39, 0.29) is 23.8 Å². The quantitative estimate of drug-likeness (QED) is 0.749. The third-order valence-corrected chi connectivity index (χ3v) is 5.66. The number of alkyl halides is 3. The Bertz CT molecular complexity index is 967. The molecule has 0 spiro atoms. The van der Waals surface area contributed by atoms with Crippen LogP contribution in [0.3, 0.4) is 0 Å². The topological polar surface area (TPSA) is 65.5 Å². The lowest BCUT2D eigenvalue weighted by molar-refractivity contribution is -0.137. The lowest BCUT2D eigenvalue weighted by Gasteiger charge is -2.23. The number of anilines is 1. The molecule has 0 aliphatic carbocycles. The summed E-state index contributed by atoms with van der Waals surface area (Å²) in [7, 11) is 0. The Balaban J connectivity index is 1.51. The van der Waals surface area contributed by atoms with Crippen molar-refractivity contribution < 1.29 is 22.8 Å². The highest BCUT2D eigenvalue weighted by Crippen LogP contribution is 2.29. The molecule has 9 heteroatoms. The molecule has 1 aliphatic rings. The molecule has 1 fully saturated rings. The Morgan fingerprint density at radius 3 is 2.18 bits per heavy atom. The van der Waals surface area contributed by atoms with Crippen molar-refractivity contribution in [1.82, 2.24) is 15.2 Å². The molecule has 33 heavy (non-hydrogen) atoms. The van der Waals surface area contributed by atoms with Gasteiger partial charge in [0.05, 0.1) is 12.1 Å². The van der Waals surface area contributed by atoms with Crippen molar-refractivity contribution in [1.29, 1.82) is 0 Å². The van der Waals surface area contributed by atoms with Crippen molar-refractivity contribution in [3.8, 4) is 0 Å². The number of benzene rings is 1. The van der Waals surface area contributed by atoms with E-state index in [1.165, 1.54) is 6.07 Å². The van der Waals surface area contributed by atoms with Gasteiger partial charge in [-0.25, -0.2) is 4.98 Å². The van der Waals surface area contributed by atoms with Crippen molar-refractivity contribution in [2.75, 3.05) is 37.6 Å². The summed E-state index contributed by atoms with van der Waals surface area (Å²) in [6.07, 6.45) is -2.95. The summed E-state index contributed by atoms with van der Waals surface area (Å²) in [6, 6.07) is 9.69. The zero-order valence-corrected chi connectivity index (χ0v) is 19.1. The SMILES string of the molecule is CC(C)(C)c1ccc(C(=O)NCC(=O)N2CCCN(c3ccc(C(F)(F)F)cn3)CC2)cc1. The van der Waals surface area contributed by atoms with Crippen LogP contribution in [0.15, 0.2) is 42.6 Å². The van der Waals surface area contributed by atoms with E-state index < -0.39 is 11.7 Å². The predicted octanol–water partition coefficient (Wildman–Crippen LogP) is 3.87. The Morgan fingerprint density at radius 1 is 0.939 bits per heavy atom. The van der Waals surface area contributed by atoms with Gasteiger partial charge in [-0.3, -0.25) is 9.59 Å². The molecule has 2 aromatic rings. The predicted molar refractivity (Wildman–Crippen MR) is 120 cm³/mol. The number of amides is 2. The Labute approximate surface area is 191 Å². The van der Waals surface area contributed by atoms with Crippen LogP contribution in [-0.2, 0) is 16.4 Å². The Hall–Kier alpha value is -3.10. The lowest BCUT2D eigenvalue weighted by atomic mass is 9.87. The maximum atomic E-state index is 12.7. The van der Waals surface area contributed by atoms with E-state index in [1.807, 2.05) is 17.0 Å². The number of aromatic nitrogens is 1. The number of hydrogen-bond acceptors (Lipinski definition) is 4. The van der Waals surface area contributed by atoms with E-state index in [1.54, 1.807) is 17.0 Å². The van der Waals surface area contributed by atoms with Gasteiger partial charge in [0.2, 0.25) is 5.91 Å². The molecule has 1 aromatic heterocycles. The number of rotatable bonds is 4. The van der Waals surface area contributed by atoms with E-state index in [0.29, 0.717) is 44.0 Å². The van der Waals surface area contributed by atoms with Crippen LogP contribution in [0.25, 0.3) is 0 Å². The van der Waals surface area contributed by atoms with Gasteiger partial charge in [0, 0.05) is 37.9 Å². The highest BCUT2D eigenvalue weighted by Gasteiger charge is 2.31. The van der Waals surface area contributed by atoms with Gasteiger partial charge in [0.1, 0.15) is 5.82 Å². The second kappa shape index (κ2) is 9.80. The van der Waals surface area contributed by atoms with E-state index >= 15 is 0 Å². The van der Waals surface area contributed by atoms with E-state index in [9.17, 15) is 22.8 Å². The number of carbonyl (C=O) groups is 2. The van der Waals surface area contributed by atoms with Crippen LogP contribution in [0.4, 0.5) is 19.0 Å². The van der Waals surface area contributed by atoms with Gasteiger partial charge < -0.3 is 15.1 Å². The highest BCUT2D eigenvalue weighted by molar-refractivity contribution is 5.96. The van der Waals surface area contributed by atoms with Crippen molar-refractivity contribution in [3.05, 3.63) is 59.3 Å². The molecule has 2 heterocycles. The number of hydrogen-bond donors (Lipinski definition) is 1. The summed E-state index contributed by atoms with van der Waals surface area (Å²) in [5, 5.41) is 2.68. The first kappa shape index (κ1) is 24.5. The first-order valence-electron chi connectivity index (χ1n) is 10.9. The monoisotopic (exact) mass is 462 g/mol. The summed E-state index contributed by atoms with van der Waals surface area (Å²) in [4.78, 5) is 32.5. The van der Waals surface area contributed by atoms with Gasteiger partial charge in [-0.2, -0.15) is 13.2 Å². The molecular formula is C24H29F3N4O2. The standard InChI is InChI=1S/C24H29F3N4O2/c1-23(2,3)18-7-5-17(6-8-18)22(33)29-16-21(32)31-12-4-11-30(13-14-31)20-10-9-19(15-28-20)24(25,26)27/h5-10,15H,4,11-14,16H2,1-3H3,(H,29,33). The summed E-state index contributed by atoms with van der Waals surface area (Å²) in [5.74, 6) is -0.0598. The molecule has 0 unspecified atom stereocenters. The van der Waals surface area contributed by atoms with Crippen LogP contribution in [0.5, 0.6) is 0 Å². The minimum atomic E-state index is -4.42. The number of carbonyl (C=O) groups excluding carboxylic acids is 2. The zero-order valence-electron chi connectivity index (χ0n) is 19.1. The second-order valence-electron chi connectivity index (χ2n) is 9.13. The average Bonchev–Trinajstić information content (AvgIpc) is 3.02. The summed E-state index contributed by atoms with van der Waals surface area (Å²) < 4.78 is 38.2. The third-order valence-electron chi connectivity index (χ3n) is 5.66. The largest absolute Gasteiger partial charge is 0.417 e. The smallest absolute Gasteiger partial charge is 0.355 e. The molecule has 1 aromatic carbocycles. The molecule has 1 saturated heterocycles. The van der Waals surface area contributed by atoms with Gasteiger partial charge >= 0.3 is 6.18 Å². The van der Waals surface area contributed by atoms with E-state index in [2.05, 4.69) is 31.1 Å². The van der Waals surface area contributed by atoms with Crippen molar-refractivity contribution in [2.24, 2.45) is 0 Å². The first-order valence-corrected chi connectivity index (χ1v) is 10.9. The van der Waals surface area contributed by atoms with Gasteiger partial charge in [-0.05, 0) is 41.7 Å². The van der Waals surface area contributed by atoms with Crippen LogP contribution in [-0.4, -0.2) is 54.4 Å². The Morgan fingerprint density at radius 2 is 1.61 bits per heavy atom. The van der Waals surface area contributed by atoms with Crippen molar-refractivity contribution in [2.45, 2.75) is 38.8 Å². The normalized spacial score (nSPS) is 15.2. The summed E-state index contributed by atoms with van der Waals surface area (Å²) in [6.45, 7) is 8.10. The fourth-order valence-corrected chi connectivity index (χ4v) is 3.63. The molecule has 6 nitrogen and oxygen atoms in total. The molecule has 2 amide bonds. The van der Waals surface area contributed by atoms with E-state index in [4.69, 9.17) is 0 Å². The van der Waals surface area contributed by atoms with Crippen LogP contribution < -0.4 is 10.2 Å². The molecule has 3 rings (SSSR count). The fourth-order valence-electron chi connectivity index (χ4n) is 3.63. The van der Waals surface area contributed by atoms with Crippen molar-refractivity contribution in [3.63, 3.8) is 0 Å². The lowest BCUT2D eigenvalue weighted by Crippen LogP contribution is -2.42. The molecule has 0 saturated carbocycles. The maximum Gasteiger partial charge on any atom is 0.417 e. The van der Waals surface area contributed by atoms with Gasteiger partial charge in [-0.1, -0.05) is 32.9 Å². The fraction of sp³-hybridized carbons (Fsp3) is 0.458. The molecule has 178 valence electrons. The van der Waals surface area contributed by atoms with Crippen LogP contribution in [0.2, 0.25) is 0 Å². The maximum absolute atomic E-state index is 12.7. The number of halogens is 3. The molecule has 0 radical (unpaired) electrons. The van der Waals surface area contributed by atoms with E-state index in [0.717, 1.165) is 17.8 Å². The number of nitrogens with one attached hydrogen (secondary N) is 1. The first-order chi connectivity index (χ1) is 15.4. The molecule has 1 aliphatic heterocycles. The summed E-state index contributed by atoms with van der Waals surface area (Å²) >= 11 is 0. The molecule has 0 bridgehead atoms. The minimum absolute atomic E-state index is 0.0124. The third kappa shape index (κ3) is 6.46. The van der Waals surface area contributed by atoms with Gasteiger partial charge in [0.25, 0.3) is 5.91 Å². The van der Waals surface area contributed by atoms with Gasteiger partial charge in [-0.15, -0.1) is 0 Å². The zero-order chi connectivity index (χ0) is 24.2. The van der Waals surface area contributed by atoms with Crippen LogP contribution in [0.1, 0.15) is 48.7 Å². The van der Waals surface area contributed by atoms with Crippen LogP contribution in [0, 0.1) is 0 Å². The Kier molecular flexibility index (Phi) is 7.29. The average molecular weight is 463 g/mol. The molecular weight excluding hydrogens is 433 g/mol. The second-order valence-corrected chi connectivity index (χ2v) is 9.13. The van der Waals surface area contributed by atoms with Gasteiger partial charge in [0.15, 0.2) is 0 Å². The molecule has 1 N–H and O–H groups in total. The highest BCUT2D eigenvalue weighted by atomic mass is 19.4. The minimum Gasteiger partial charge on any atom is -0.355 e. The van der Waals surface area contributed by atoms with Crippen molar-refractivity contribution >= 4 is 17.6 Å². The summed E-state index contributed by atoms with van der Waals surface area (Å²) in [5.41, 5.74) is 0.807. The van der Waals surface area contributed by atoms with Crippen LogP contribution >= 0.6 is 0 Å². The number of pyridine rings is 1.